The Bertz CT molecular complexity index is 349. The molecule has 2 rings (SSSR count). The van der Waals surface area contributed by atoms with Crippen molar-refractivity contribution in [1.82, 2.24) is 20.4 Å². The number of hydrogen-bond acceptors (Lipinski definition) is 2. The van der Waals surface area contributed by atoms with E-state index in [1.54, 1.807) is 0 Å². The molecule has 0 aromatic rings. The molecule has 0 aromatic heterocycles. The van der Waals surface area contributed by atoms with Gasteiger partial charge in [0.15, 0.2) is 0 Å². The number of likely N-dealkylation sites (tertiary alicyclic amines) is 1. The van der Waals surface area contributed by atoms with Gasteiger partial charge in [-0.05, 0) is 25.7 Å². The molecule has 20 heavy (non-hydrogen) atoms. The van der Waals surface area contributed by atoms with E-state index in [0.29, 0.717) is 0 Å². The molecule has 2 aliphatic heterocycles. The molecule has 6 nitrogen and oxygen atoms in total. The van der Waals surface area contributed by atoms with Gasteiger partial charge in [0.1, 0.15) is 0 Å². The second kappa shape index (κ2) is 6.81. The van der Waals surface area contributed by atoms with Gasteiger partial charge in [0.25, 0.3) is 0 Å². The zero-order chi connectivity index (χ0) is 14.5. The number of carbonyl (C=O) groups is 2. The molecule has 0 spiro atoms. The Hall–Kier alpha value is -1.46. The Balaban J connectivity index is 1.78. The minimum absolute atomic E-state index is 0.0445. The van der Waals surface area contributed by atoms with E-state index in [1.807, 2.05) is 9.80 Å². The maximum absolute atomic E-state index is 12.1. The van der Waals surface area contributed by atoms with Gasteiger partial charge < -0.3 is 20.4 Å². The average molecular weight is 282 g/mol. The highest BCUT2D eigenvalue weighted by molar-refractivity contribution is 5.77. The van der Waals surface area contributed by atoms with Gasteiger partial charge in [0.05, 0.1) is 0 Å². The fourth-order valence-electron chi connectivity index (χ4n) is 2.97. The topological polar surface area (TPSA) is 64.7 Å². The largest absolute Gasteiger partial charge is 0.336 e. The van der Waals surface area contributed by atoms with E-state index >= 15 is 0 Å². The van der Waals surface area contributed by atoms with E-state index in [1.165, 1.54) is 0 Å². The smallest absolute Gasteiger partial charge is 0.317 e. The third-order valence-electron chi connectivity index (χ3n) is 4.40. The summed E-state index contributed by atoms with van der Waals surface area (Å²) in [5.74, 6) is 0. The zero-order valence-corrected chi connectivity index (χ0v) is 12.5. The fraction of sp³-hybridized carbons (Fsp3) is 0.857. The molecule has 4 amide bonds. The molecule has 2 heterocycles. The van der Waals surface area contributed by atoms with Crippen LogP contribution in [-0.4, -0.2) is 60.1 Å². The van der Waals surface area contributed by atoms with E-state index in [0.717, 1.165) is 51.9 Å². The number of nitrogens with one attached hydrogen (secondary N) is 2. The van der Waals surface area contributed by atoms with Crippen LogP contribution in [0.25, 0.3) is 0 Å². The maximum Gasteiger partial charge on any atom is 0.317 e. The molecule has 2 saturated heterocycles. The molecule has 0 saturated carbocycles. The Morgan fingerprint density at radius 2 is 1.95 bits per heavy atom. The molecule has 114 valence electrons. The molecule has 2 aliphatic rings. The first-order valence-corrected chi connectivity index (χ1v) is 7.75. The van der Waals surface area contributed by atoms with Gasteiger partial charge in [-0.2, -0.15) is 0 Å². The van der Waals surface area contributed by atoms with Crippen molar-refractivity contribution in [2.24, 2.45) is 0 Å². The number of piperidine rings is 1. The summed E-state index contributed by atoms with van der Waals surface area (Å²) in [4.78, 5) is 27.6. The average Bonchev–Trinajstić information content (AvgIpc) is 2.91. The minimum Gasteiger partial charge on any atom is -0.336 e. The summed E-state index contributed by atoms with van der Waals surface area (Å²) in [5, 5.41) is 5.91. The van der Waals surface area contributed by atoms with E-state index in [9.17, 15) is 9.59 Å². The lowest BCUT2D eigenvalue weighted by Gasteiger charge is -2.36. The normalized spacial score (nSPS) is 20.4. The highest BCUT2D eigenvalue weighted by Gasteiger charge is 2.32. The lowest BCUT2D eigenvalue weighted by molar-refractivity contribution is 0.139. The van der Waals surface area contributed by atoms with Crippen LogP contribution in [0.3, 0.4) is 0 Å². The van der Waals surface area contributed by atoms with Crippen molar-refractivity contribution in [2.75, 3.05) is 26.2 Å². The van der Waals surface area contributed by atoms with Gasteiger partial charge in [-0.1, -0.05) is 13.8 Å². The third-order valence-corrected chi connectivity index (χ3v) is 4.40. The molecule has 2 fully saturated rings. The minimum atomic E-state index is 0.0445. The zero-order valence-electron chi connectivity index (χ0n) is 12.5. The molecule has 6 heteroatoms. The van der Waals surface area contributed by atoms with E-state index in [-0.39, 0.29) is 24.1 Å². The quantitative estimate of drug-likeness (QED) is 0.818. The summed E-state index contributed by atoms with van der Waals surface area (Å²) in [6.45, 7) is 7.19. The van der Waals surface area contributed by atoms with Gasteiger partial charge in [0, 0.05) is 38.3 Å². The molecular formula is C14H26N4O2. The van der Waals surface area contributed by atoms with Crippen LogP contribution in [0.15, 0.2) is 0 Å². The van der Waals surface area contributed by atoms with Crippen molar-refractivity contribution >= 4 is 12.1 Å². The summed E-state index contributed by atoms with van der Waals surface area (Å²) in [7, 11) is 0. The molecule has 0 radical (unpaired) electrons. The maximum atomic E-state index is 12.1. The molecule has 0 aliphatic carbocycles. The van der Waals surface area contributed by atoms with Gasteiger partial charge in [-0.3, -0.25) is 0 Å². The molecule has 0 aromatic carbocycles. The summed E-state index contributed by atoms with van der Waals surface area (Å²) in [6.07, 6.45) is 3.69. The highest BCUT2D eigenvalue weighted by Crippen LogP contribution is 2.18. The second-order valence-electron chi connectivity index (χ2n) is 5.61. The Morgan fingerprint density at radius 1 is 1.30 bits per heavy atom. The first-order chi connectivity index (χ1) is 9.65. The molecular weight excluding hydrogens is 256 g/mol. The van der Waals surface area contributed by atoms with Gasteiger partial charge in [-0.15, -0.1) is 0 Å². The Labute approximate surface area is 120 Å². The summed E-state index contributed by atoms with van der Waals surface area (Å²) < 4.78 is 0. The molecule has 0 bridgehead atoms. The van der Waals surface area contributed by atoms with E-state index < -0.39 is 0 Å². The summed E-state index contributed by atoms with van der Waals surface area (Å²) >= 11 is 0. The number of amides is 4. The fourth-order valence-corrected chi connectivity index (χ4v) is 2.97. The van der Waals surface area contributed by atoms with E-state index in [2.05, 4.69) is 24.5 Å². The van der Waals surface area contributed by atoms with Crippen molar-refractivity contribution in [3.63, 3.8) is 0 Å². The van der Waals surface area contributed by atoms with Crippen molar-refractivity contribution in [2.45, 2.75) is 51.6 Å². The number of urea groups is 2. The van der Waals surface area contributed by atoms with Crippen LogP contribution >= 0.6 is 0 Å². The number of nitrogens with zero attached hydrogens (tertiary/aromatic N) is 2. The summed E-state index contributed by atoms with van der Waals surface area (Å²) in [6, 6.07) is 0.646. The van der Waals surface area contributed by atoms with Crippen molar-refractivity contribution in [3.05, 3.63) is 0 Å². The van der Waals surface area contributed by atoms with Crippen LogP contribution in [0.1, 0.15) is 39.5 Å². The molecule has 2 N–H and O–H groups in total. The lowest BCUT2D eigenvalue weighted by Crippen LogP contribution is -2.51. The SMILES string of the molecule is CCC(CC)NC(=O)N1CCC(N2CCNC2=O)CC1. The predicted molar refractivity (Wildman–Crippen MR) is 77.6 cm³/mol. The van der Waals surface area contributed by atoms with Crippen LogP contribution < -0.4 is 10.6 Å². The van der Waals surface area contributed by atoms with Crippen molar-refractivity contribution < 1.29 is 9.59 Å². The second-order valence-corrected chi connectivity index (χ2v) is 5.61. The number of carbonyl (C=O) groups excluding carboxylic acids is 2. The lowest BCUT2D eigenvalue weighted by atomic mass is 10.0. The Kier molecular flexibility index (Phi) is 5.09. The van der Waals surface area contributed by atoms with Gasteiger partial charge in [0.2, 0.25) is 0 Å². The van der Waals surface area contributed by atoms with Crippen LogP contribution in [0.5, 0.6) is 0 Å². The monoisotopic (exact) mass is 282 g/mol. The third kappa shape index (κ3) is 3.35. The van der Waals surface area contributed by atoms with Crippen LogP contribution in [0.4, 0.5) is 9.59 Å². The predicted octanol–water partition coefficient (Wildman–Crippen LogP) is 1.37. The van der Waals surface area contributed by atoms with Crippen molar-refractivity contribution in [1.29, 1.82) is 0 Å². The standard InChI is InChI=1S/C14H26N4O2/c1-3-11(4-2)16-14(20)17-8-5-12(6-9-17)18-10-7-15-13(18)19/h11-12H,3-10H2,1-2H3,(H,15,19)(H,16,20). The van der Waals surface area contributed by atoms with Crippen LogP contribution in [0.2, 0.25) is 0 Å². The number of hydrogen-bond donors (Lipinski definition) is 2. The first-order valence-electron chi connectivity index (χ1n) is 7.75. The van der Waals surface area contributed by atoms with Gasteiger partial charge in [-0.25, -0.2) is 9.59 Å². The van der Waals surface area contributed by atoms with E-state index in [4.69, 9.17) is 0 Å². The van der Waals surface area contributed by atoms with Crippen LogP contribution in [-0.2, 0) is 0 Å². The molecule has 0 unspecified atom stereocenters. The highest BCUT2D eigenvalue weighted by atomic mass is 16.2. The first kappa shape index (κ1) is 14.9. The number of rotatable bonds is 4. The molecule has 0 atom stereocenters. The van der Waals surface area contributed by atoms with Gasteiger partial charge >= 0.3 is 12.1 Å². The van der Waals surface area contributed by atoms with Crippen LogP contribution in [0, 0.1) is 0 Å². The van der Waals surface area contributed by atoms with Crippen molar-refractivity contribution in [3.8, 4) is 0 Å². The summed E-state index contributed by atoms with van der Waals surface area (Å²) in [5.41, 5.74) is 0. The Morgan fingerprint density at radius 3 is 2.45 bits per heavy atom.